The van der Waals surface area contributed by atoms with Crippen molar-refractivity contribution in [2.75, 3.05) is 26.2 Å². The molecule has 0 aromatic carbocycles. The second-order valence-electron chi connectivity index (χ2n) is 4.23. The summed E-state index contributed by atoms with van der Waals surface area (Å²) in [5.74, 6) is 0. The third kappa shape index (κ3) is 2.92. The molecule has 0 radical (unpaired) electrons. The lowest BCUT2D eigenvalue weighted by molar-refractivity contribution is -0.216. The van der Waals surface area contributed by atoms with E-state index >= 15 is 0 Å². The Hall–Kier alpha value is -0.160. The Balaban J connectivity index is 1.68. The highest BCUT2D eigenvalue weighted by Crippen LogP contribution is 2.14. The zero-order valence-corrected chi connectivity index (χ0v) is 8.61. The first kappa shape index (κ1) is 10.4. The maximum Gasteiger partial charge on any atom is 0.0917 e. The molecule has 0 spiro atoms. The maximum atomic E-state index is 9.34. The normalized spacial score (nSPS) is 31.9. The Morgan fingerprint density at radius 3 is 2.64 bits per heavy atom. The first-order chi connectivity index (χ1) is 6.84. The molecule has 4 nitrogen and oxygen atoms in total. The molecule has 0 aromatic heterocycles. The number of hydrogen-bond donors (Lipinski definition) is 2. The van der Waals surface area contributed by atoms with Crippen molar-refractivity contribution < 1.29 is 9.94 Å². The van der Waals surface area contributed by atoms with Crippen molar-refractivity contribution in [3.63, 3.8) is 0 Å². The van der Waals surface area contributed by atoms with Gasteiger partial charge in [0, 0.05) is 19.6 Å². The molecular formula is C10H20N2O2. The molecule has 82 valence electrons. The fraction of sp³-hybridized carbons (Fsp3) is 1.00. The Morgan fingerprint density at radius 1 is 1.21 bits per heavy atom. The van der Waals surface area contributed by atoms with E-state index in [0.717, 1.165) is 45.4 Å². The molecule has 0 bridgehead atoms. The van der Waals surface area contributed by atoms with Crippen LogP contribution in [-0.2, 0) is 4.84 Å². The van der Waals surface area contributed by atoms with Crippen LogP contribution in [0.1, 0.15) is 25.7 Å². The SMILES string of the molecule is OC1CCN(OC2CCCNC2)CC1. The Kier molecular flexibility index (Phi) is 3.75. The van der Waals surface area contributed by atoms with Crippen LogP contribution in [0.25, 0.3) is 0 Å². The number of hydroxylamine groups is 2. The summed E-state index contributed by atoms with van der Waals surface area (Å²) in [5, 5.41) is 14.7. The molecule has 2 heterocycles. The van der Waals surface area contributed by atoms with E-state index in [1.54, 1.807) is 0 Å². The second-order valence-corrected chi connectivity index (χ2v) is 4.23. The summed E-state index contributed by atoms with van der Waals surface area (Å²) in [4.78, 5) is 5.84. The summed E-state index contributed by atoms with van der Waals surface area (Å²) in [5.41, 5.74) is 0. The summed E-state index contributed by atoms with van der Waals surface area (Å²) in [6.07, 6.45) is 4.30. The predicted octanol–water partition coefficient (Wildman–Crippen LogP) is 0.127. The molecular weight excluding hydrogens is 180 g/mol. The molecule has 2 aliphatic heterocycles. The van der Waals surface area contributed by atoms with Crippen molar-refractivity contribution in [3.05, 3.63) is 0 Å². The van der Waals surface area contributed by atoms with E-state index in [1.807, 2.05) is 5.06 Å². The van der Waals surface area contributed by atoms with E-state index in [0.29, 0.717) is 6.10 Å². The number of aliphatic hydroxyl groups excluding tert-OH is 1. The smallest absolute Gasteiger partial charge is 0.0917 e. The number of hydrogen-bond acceptors (Lipinski definition) is 4. The van der Waals surface area contributed by atoms with Gasteiger partial charge in [-0.3, -0.25) is 4.84 Å². The van der Waals surface area contributed by atoms with Crippen LogP contribution in [0.4, 0.5) is 0 Å². The second kappa shape index (κ2) is 5.07. The average Bonchev–Trinajstić information content (AvgIpc) is 2.23. The van der Waals surface area contributed by atoms with Crippen LogP contribution in [0.15, 0.2) is 0 Å². The van der Waals surface area contributed by atoms with Gasteiger partial charge in [-0.2, -0.15) is 5.06 Å². The highest BCUT2D eigenvalue weighted by Gasteiger charge is 2.21. The topological polar surface area (TPSA) is 44.7 Å². The first-order valence-corrected chi connectivity index (χ1v) is 5.65. The monoisotopic (exact) mass is 200 g/mol. The standard InChI is InChI=1S/C10H20N2O2/c13-9-3-6-12(7-4-9)14-10-2-1-5-11-8-10/h9-11,13H,1-8H2. The number of piperidine rings is 2. The zero-order valence-electron chi connectivity index (χ0n) is 8.61. The molecule has 1 atom stereocenters. The quantitative estimate of drug-likeness (QED) is 0.665. The molecule has 2 aliphatic rings. The van der Waals surface area contributed by atoms with Crippen LogP contribution in [-0.4, -0.2) is 48.6 Å². The van der Waals surface area contributed by atoms with Gasteiger partial charge in [-0.25, -0.2) is 0 Å². The van der Waals surface area contributed by atoms with Gasteiger partial charge in [0.15, 0.2) is 0 Å². The molecule has 1 unspecified atom stereocenters. The van der Waals surface area contributed by atoms with E-state index in [4.69, 9.17) is 4.84 Å². The van der Waals surface area contributed by atoms with Crippen LogP contribution in [0.2, 0.25) is 0 Å². The van der Waals surface area contributed by atoms with Crippen molar-refractivity contribution in [2.45, 2.75) is 37.9 Å². The van der Waals surface area contributed by atoms with Gasteiger partial charge in [-0.1, -0.05) is 0 Å². The Morgan fingerprint density at radius 2 is 2.00 bits per heavy atom. The minimum absolute atomic E-state index is 0.112. The van der Waals surface area contributed by atoms with Gasteiger partial charge in [-0.15, -0.1) is 0 Å². The van der Waals surface area contributed by atoms with Gasteiger partial charge < -0.3 is 10.4 Å². The molecule has 0 aliphatic carbocycles. The summed E-state index contributed by atoms with van der Waals surface area (Å²) in [7, 11) is 0. The van der Waals surface area contributed by atoms with Gasteiger partial charge in [0.1, 0.15) is 0 Å². The van der Waals surface area contributed by atoms with Gasteiger partial charge in [-0.05, 0) is 32.2 Å². The molecule has 2 saturated heterocycles. The number of nitrogens with one attached hydrogen (secondary N) is 1. The molecule has 4 heteroatoms. The summed E-state index contributed by atoms with van der Waals surface area (Å²) in [6, 6.07) is 0. The largest absolute Gasteiger partial charge is 0.393 e. The average molecular weight is 200 g/mol. The number of nitrogens with zero attached hydrogens (tertiary/aromatic N) is 1. The third-order valence-corrected chi connectivity index (χ3v) is 2.97. The van der Waals surface area contributed by atoms with Crippen molar-refractivity contribution >= 4 is 0 Å². The molecule has 14 heavy (non-hydrogen) atoms. The zero-order chi connectivity index (χ0) is 9.80. The molecule has 0 saturated carbocycles. The van der Waals surface area contributed by atoms with Crippen molar-refractivity contribution in [2.24, 2.45) is 0 Å². The predicted molar refractivity (Wildman–Crippen MR) is 53.8 cm³/mol. The molecule has 2 fully saturated rings. The van der Waals surface area contributed by atoms with Crippen molar-refractivity contribution in [3.8, 4) is 0 Å². The van der Waals surface area contributed by atoms with Crippen LogP contribution in [0, 0.1) is 0 Å². The Bertz CT molecular complexity index is 164. The molecule has 0 aromatic rings. The minimum atomic E-state index is -0.112. The summed E-state index contributed by atoms with van der Waals surface area (Å²) < 4.78 is 0. The number of aliphatic hydroxyl groups is 1. The van der Waals surface area contributed by atoms with E-state index in [1.165, 1.54) is 6.42 Å². The van der Waals surface area contributed by atoms with Gasteiger partial charge >= 0.3 is 0 Å². The summed E-state index contributed by atoms with van der Waals surface area (Å²) in [6.45, 7) is 3.84. The lowest BCUT2D eigenvalue weighted by Crippen LogP contribution is -2.43. The lowest BCUT2D eigenvalue weighted by atomic mass is 10.1. The summed E-state index contributed by atoms with van der Waals surface area (Å²) >= 11 is 0. The van der Waals surface area contributed by atoms with E-state index in [-0.39, 0.29) is 6.10 Å². The first-order valence-electron chi connectivity index (χ1n) is 5.65. The van der Waals surface area contributed by atoms with Crippen LogP contribution in [0.3, 0.4) is 0 Å². The van der Waals surface area contributed by atoms with E-state index < -0.39 is 0 Å². The van der Waals surface area contributed by atoms with Gasteiger partial charge in [0.25, 0.3) is 0 Å². The fourth-order valence-electron chi connectivity index (χ4n) is 2.07. The lowest BCUT2D eigenvalue weighted by Gasteiger charge is -2.33. The van der Waals surface area contributed by atoms with Crippen LogP contribution >= 0.6 is 0 Å². The van der Waals surface area contributed by atoms with Crippen LogP contribution in [0.5, 0.6) is 0 Å². The highest BCUT2D eigenvalue weighted by atomic mass is 16.7. The van der Waals surface area contributed by atoms with Crippen molar-refractivity contribution in [1.29, 1.82) is 0 Å². The minimum Gasteiger partial charge on any atom is -0.393 e. The van der Waals surface area contributed by atoms with Crippen molar-refractivity contribution in [1.82, 2.24) is 10.4 Å². The Labute approximate surface area is 85.2 Å². The third-order valence-electron chi connectivity index (χ3n) is 2.97. The highest BCUT2D eigenvalue weighted by molar-refractivity contribution is 4.70. The molecule has 0 amide bonds. The number of rotatable bonds is 2. The van der Waals surface area contributed by atoms with Gasteiger partial charge in [0.05, 0.1) is 12.2 Å². The fourth-order valence-corrected chi connectivity index (χ4v) is 2.07. The van der Waals surface area contributed by atoms with Crippen LogP contribution < -0.4 is 5.32 Å². The maximum absolute atomic E-state index is 9.34. The molecule has 2 rings (SSSR count). The molecule has 2 N–H and O–H groups in total. The van der Waals surface area contributed by atoms with E-state index in [2.05, 4.69) is 5.32 Å². The van der Waals surface area contributed by atoms with E-state index in [9.17, 15) is 5.11 Å². The van der Waals surface area contributed by atoms with Gasteiger partial charge in [0.2, 0.25) is 0 Å².